The van der Waals surface area contributed by atoms with E-state index in [1.165, 1.54) is 23.3 Å². The van der Waals surface area contributed by atoms with Gasteiger partial charge in [0.05, 0.1) is 12.0 Å². The first-order valence-electron chi connectivity index (χ1n) is 7.61. The van der Waals surface area contributed by atoms with E-state index in [1.807, 2.05) is 6.92 Å². The number of amides is 1. The second-order valence-electron chi connectivity index (χ2n) is 5.79. The normalized spacial score (nSPS) is 11.7. The van der Waals surface area contributed by atoms with Crippen molar-refractivity contribution in [3.8, 4) is 0 Å². The highest BCUT2D eigenvalue weighted by atomic mass is 16.4. The van der Waals surface area contributed by atoms with Crippen molar-refractivity contribution in [3.05, 3.63) is 70.8 Å². The fourth-order valence-corrected chi connectivity index (χ4v) is 2.29. The maximum atomic E-state index is 12.0. The van der Waals surface area contributed by atoms with Gasteiger partial charge in [0.25, 0.3) is 0 Å². The third-order valence-corrected chi connectivity index (χ3v) is 3.82. The van der Waals surface area contributed by atoms with Crippen molar-refractivity contribution in [2.45, 2.75) is 26.2 Å². The van der Waals surface area contributed by atoms with E-state index < -0.39 is 5.97 Å². The van der Waals surface area contributed by atoms with Crippen LogP contribution in [0, 0.1) is 6.92 Å². The Kier molecular flexibility index (Phi) is 5.52. The van der Waals surface area contributed by atoms with Crippen molar-refractivity contribution in [2.24, 2.45) is 0 Å². The summed E-state index contributed by atoms with van der Waals surface area (Å²) in [7, 11) is 0. The second kappa shape index (κ2) is 7.58. The molecular weight excluding hydrogens is 290 g/mol. The lowest BCUT2D eigenvalue weighted by Gasteiger charge is -2.13. The summed E-state index contributed by atoms with van der Waals surface area (Å²) in [6.45, 7) is 4.70. The summed E-state index contributed by atoms with van der Waals surface area (Å²) in [5, 5.41) is 11.8. The van der Waals surface area contributed by atoms with E-state index in [-0.39, 0.29) is 23.8 Å². The fourth-order valence-electron chi connectivity index (χ4n) is 2.29. The molecule has 0 aromatic heterocycles. The number of nitrogens with one attached hydrogen (secondary N) is 1. The van der Waals surface area contributed by atoms with Crippen molar-refractivity contribution in [2.75, 3.05) is 6.54 Å². The third kappa shape index (κ3) is 4.95. The minimum atomic E-state index is -0.965. The number of benzene rings is 2. The first kappa shape index (κ1) is 16.7. The molecular formula is C19H21NO3. The van der Waals surface area contributed by atoms with Gasteiger partial charge in [0.2, 0.25) is 5.91 Å². The Balaban J connectivity index is 1.84. The zero-order valence-electron chi connectivity index (χ0n) is 13.4. The molecule has 2 rings (SSSR count). The van der Waals surface area contributed by atoms with E-state index in [2.05, 4.69) is 36.5 Å². The molecule has 2 aromatic carbocycles. The lowest BCUT2D eigenvalue weighted by Crippen LogP contribution is -2.28. The number of carbonyl (C=O) groups is 2. The van der Waals surface area contributed by atoms with Crippen LogP contribution in [0.25, 0.3) is 0 Å². The number of hydrogen-bond acceptors (Lipinski definition) is 2. The number of aryl methyl sites for hydroxylation is 1. The molecule has 0 saturated carbocycles. The van der Waals surface area contributed by atoms with Crippen molar-refractivity contribution >= 4 is 11.9 Å². The molecule has 0 heterocycles. The zero-order valence-corrected chi connectivity index (χ0v) is 13.4. The van der Waals surface area contributed by atoms with Gasteiger partial charge in [-0.25, -0.2) is 4.79 Å². The molecule has 0 aliphatic heterocycles. The summed E-state index contributed by atoms with van der Waals surface area (Å²) in [5.74, 6) is -0.783. The Morgan fingerprint density at radius 2 is 1.65 bits per heavy atom. The van der Waals surface area contributed by atoms with Crippen LogP contribution in [-0.2, 0) is 11.2 Å². The molecule has 0 bridgehead atoms. The third-order valence-electron chi connectivity index (χ3n) is 3.82. The zero-order chi connectivity index (χ0) is 16.8. The van der Waals surface area contributed by atoms with Crippen LogP contribution >= 0.6 is 0 Å². The van der Waals surface area contributed by atoms with Gasteiger partial charge < -0.3 is 10.4 Å². The van der Waals surface area contributed by atoms with E-state index in [0.717, 1.165) is 5.56 Å². The second-order valence-corrected chi connectivity index (χ2v) is 5.79. The number of carboxylic acids is 1. The van der Waals surface area contributed by atoms with Crippen LogP contribution in [0.15, 0.2) is 48.5 Å². The van der Waals surface area contributed by atoms with Crippen LogP contribution in [-0.4, -0.2) is 23.5 Å². The molecule has 0 aliphatic rings. The Morgan fingerprint density at radius 3 is 2.22 bits per heavy atom. The molecule has 4 nitrogen and oxygen atoms in total. The molecule has 1 unspecified atom stereocenters. The molecule has 0 saturated heterocycles. The Bertz CT molecular complexity index is 675. The number of carbonyl (C=O) groups excluding carboxylic acids is 1. The quantitative estimate of drug-likeness (QED) is 0.861. The predicted molar refractivity (Wildman–Crippen MR) is 89.7 cm³/mol. The van der Waals surface area contributed by atoms with Crippen LogP contribution < -0.4 is 5.32 Å². The van der Waals surface area contributed by atoms with Gasteiger partial charge in [-0.3, -0.25) is 4.79 Å². The number of rotatable bonds is 6. The summed E-state index contributed by atoms with van der Waals surface area (Å²) in [6.07, 6.45) is 0.251. The topological polar surface area (TPSA) is 66.4 Å². The molecule has 0 radical (unpaired) electrons. The van der Waals surface area contributed by atoms with Gasteiger partial charge in [0.15, 0.2) is 0 Å². The Labute approximate surface area is 136 Å². The molecule has 2 N–H and O–H groups in total. The molecule has 120 valence electrons. The fraction of sp³-hybridized carbons (Fsp3) is 0.263. The monoisotopic (exact) mass is 311 g/mol. The number of carboxylic acid groups (broad SMARTS) is 1. The van der Waals surface area contributed by atoms with Gasteiger partial charge in [0, 0.05) is 6.54 Å². The molecule has 1 atom stereocenters. The van der Waals surface area contributed by atoms with Gasteiger partial charge in [-0.15, -0.1) is 0 Å². The first-order valence-corrected chi connectivity index (χ1v) is 7.61. The van der Waals surface area contributed by atoms with E-state index in [4.69, 9.17) is 5.11 Å². The van der Waals surface area contributed by atoms with Crippen molar-refractivity contribution in [1.82, 2.24) is 5.32 Å². The Morgan fingerprint density at radius 1 is 1.04 bits per heavy atom. The van der Waals surface area contributed by atoms with Gasteiger partial charge in [0.1, 0.15) is 0 Å². The SMILES string of the molecule is Cc1ccc(C(C)CNC(=O)Cc2ccc(C(=O)O)cc2)cc1. The average Bonchev–Trinajstić information content (AvgIpc) is 2.54. The molecule has 4 heteroatoms. The van der Waals surface area contributed by atoms with E-state index in [1.54, 1.807) is 12.1 Å². The Hall–Kier alpha value is -2.62. The average molecular weight is 311 g/mol. The predicted octanol–water partition coefficient (Wildman–Crippen LogP) is 3.16. The maximum absolute atomic E-state index is 12.0. The van der Waals surface area contributed by atoms with Crippen LogP contribution in [0.1, 0.15) is 39.9 Å². The van der Waals surface area contributed by atoms with Crippen molar-refractivity contribution in [1.29, 1.82) is 0 Å². The van der Waals surface area contributed by atoms with Crippen molar-refractivity contribution < 1.29 is 14.7 Å². The summed E-state index contributed by atoms with van der Waals surface area (Å²) < 4.78 is 0. The summed E-state index contributed by atoms with van der Waals surface area (Å²) in [4.78, 5) is 22.8. The smallest absolute Gasteiger partial charge is 0.335 e. The van der Waals surface area contributed by atoms with E-state index >= 15 is 0 Å². The van der Waals surface area contributed by atoms with Gasteiger partial charge in [-0.2, -0.15) is 0 Å². The van der Waals surface area contributed by atoms with Gasteiger partial charge in [-0.1, -0.05) is 48.9 Å². The van der Waals surface area contributed by atoms with E-state index in [0.29, 0.717) is 6.54 Å². The van der Waals surface area contributed by atoms with Gasteiger partial charge >= 0.3 is 5.97 Å². The van der Waals surface area contributed by atoms with Crippen LogP contribution in [0.4, 0.5) is 0 Å². The molecule has 0 spiro atoms. The highest BCUT2D eigenvalue weighted by molar-refractivity contribution is 5.87. The summed E-state index contributed by atoms with van der Waals surface area (Å²) in [6, 6.07) is 14.7. The minimum absolute atomic E-state index is 0.0629. The lowest BCUT2D eigenvalue weighted by atomic mass is 10.00. The molecule has 0 aliphatic carbocycles. The summed E-state index contributed by atoms with van der Waals surface area (Å²) in [5.41, 5.74) is 3.44. The lowest BCUT2D eigenvalue weighted by molar-refractivity contribution is -0.120. The first-order chi connectivity index (χ1) is 11.0. The highest BCUT2D eigenvalue weighted by Crippen LogP contribution is 2.14. The largest absolute Gasteiger partial charge is 0.478 e. The molecule has 1 amide bonds. The van der Waals surface area contributed by atoms with Crippen LogP contribution in [0.5, 0.6) is 0 Å². The van der Waals surface area contributed by atoms with Crippen LogP contribution in [0.2, 0.25) is 0 Å². The van der Waals surface area contributed by atoms with Gasteiger partial charge in [-0.05, 0) is 36.1 Å². The maximum Gasteiger partial charge on any atom is 0.335 e. The number of aromatic carboxylic acids is 1. The van der Waals surface area contributed by atoms with E-state index in [9.17, 15) is 9.59 Å². The molecule has 23 heavy (non-hydrogen) atoms. The molecule has 0 fully saturated rings. The number of hydrogen-bond donors (Lipinski definition) is 2. The van der Waals surface area contributed by atoms with Crippen LogP contribution in [0.3, 0.4) is 0 Å². The molecule has 2 aromatic rings. The highest BCUT2D eigenvalue weighted by Gasteiger charge is 2.09. The minimum Gasteiger partial charge on any atom is -0.478 e. The van der Waals surface area contributed by atoms with Crippen molar-refractivity contribution in [3.63, 3.8) is 0 Å². The summed E-state index contributed by atoms with van der Waals surface area (Å²) >= 11 is 0. The standard InChI is InChI=1S/C19H21NO3/c1-13-3-7-16(8-4-13)14(2)12-20-18(21)11-15-5-9-17(10-6-15)19(22)23/h3-10,14H,11-12H2,1-2H3,(H,20,21)(H,22,23).